The Morgan fingerprint density at radius 3 is 1.92 bits per heavy atom. The number of hydrogen-bond acceptors (Lipinski definition) is 6. The number of aliphatic carboxylic acids is 2. The van der Waals surface area contributed by atoms with E-state index in [0.717, 1.165) is 38.3 Å². The second-order valence-electron chi connectivity index (χ2n) is 8.39. The van der Waals surface area contributed by atoms with Gasteiger partial charge in [0.25, 0.3) is 0 Å². The number of nitrogens with zero attached hydrogens (tertiary/aromatic N) is 1. The van der Waals surface area contributed by atoms with Gasteiger partial charge in [0.2, 0.25) is 12.0 Å². The third-order valence-corrected chi connectivity index (χ3v) is 5.19. The summed E-state index contributed by atoms with van der Waals surface area (Å²) < 4.78 is 4.86. The van der Waals surface area contributed by atoms with Gasteiger partial charge in [-0.05, 0) is 57.1 Å². The van der Waals surface area contributed by atoms with Gasteiger partial charge < -0.3 is 20.3 Å². The summed E-state index contributed by atoms with van der Waals surface area (Å²) in [5.74, 6) is -5.04. The van der Waals surface area contributed by atoms with Crippen LogP contribution in [0.2, 0.25) is 0 Å². The van der Waals surface area contributed by atoms with Gasteiger partial charge in [0.05, 0.1) is 5.56 Å². The maximum atomic E-state index is 12.2. The second-order valence-corrected chi connectivity index (χ2v) is 8.39. The van der Waals surface area contributed by atoms with E-state index in [1.165, 1.54) is 18.3 Å². The molecule has 1 heterocycles. The van der Waals surface area contributed by atoms with Gasteiger partial charge in [-0.15, -0.1) is 0 Å². The maximum absolute atomic E-state index is 12.2. The monoisotopic (exact) mass is 538 g/mol. The number of rotatable bonds is 19. The number of ether oxygens (including phenoxy) is 1. The van der Waals surface area contributed by atoms with E-state index >= 15 is 0 Å². The van der Waals surface area contributed by atoms with E-state index in [-0.39, 0.29) is 12.0 Å². The molecule has 0 saturated carbocycles. The molecule has 1 aromatic heterocycles. The van der Waals surface area contributed by atoms with Crippen LogP contribution in [0.5, 0.6) is 0 Å². The van der Waals surface area contributed by atoms with E-state index in [2.05, 4.69) is 65.8 Å². The Labute approximate surface area is 229 Å². The maximum Gasteiger partial charge on any atom is 0.347 e. The van der Waals surface area contributed by atoms with E-state index in [9.17, 15) is 29.4 Å². The minimum Gasteiger partial charge on any atom is -0.480 e. The zero-order valence-electron chi connectivity index (χ0n) is 22.3. The topological polar surface area (TPSA) is 143 Å². The third-order valence-electron chi connectivity index (χ3n) is 5.19. The highest BCUT2D eigenvalue weighted by Gasteiger charge is 2.38. The van der Waals surface area contributed by atoms with Crippen molar-refractivity contribution in [3.8, 4) is 0 Å². The first-order chi connectivity index (χ1) is 18.9. The molecular weight excluding hydrogens is 500 g/mol. The molecule has 2 atom stereocenters. The minimum absolute atomic E-state index is 0.0129. The number of carbonyl (C=O) groups is 4. The predicted molar refractivity (Wildman–Crippen MR) is 149 cm³/mol. The van der Waals surface area contributed by atoms with E-state index in [0.29, 0.717) is 12.8 Å². The van der Waals surface area contributed by atoms with Gasteiger partial charge in [0, 0.05) is 18.8 Å². The summed E-state index contributed by atoms with van der Waals surface area (Å²) in [6.45, 7) is 2.12. The molecule has 0 aliphatic carbocycles. The van der Waals surface area contributed by atoms with Crippen molar-refractivity contribution in [2.45, 2.75) is 70.4 Å². The van der Waals surface area contributed by atoms with Crippen LogP contribution >= 0.6 is 0 Å². The lowest BCUT2D eigenvalue weighted by atomic mass is 10.1. The zero-order chi connectivity index (χ0) is 28.7. The summed E-state index contributed by atoms with van der Waals surface area (Å²) in [7, 11) is 0. The van der Waals surface area contributed by atoms with E-state index in [1.54, 1.807) is 0 Å². The van der Waals surface area contributed by atoms with Crippen LogP contribution in [-0.4, -0.2) is 51.2 Å². The van der Waals surface area contributed by atoms with Crippen molar-refractivity contribution in [1.82, 2.24) is 10.3 Å². The molecule has 9 nitrogen and oxygen atoms in total. The lowest BCUT2D eigenvalue weighted by Crippen LogP contribution is -2.53. The number of nitrogens with one attached hydrogen (secondary N) is 1. The Kier molecular flexibility index (Phi) is 17.4. The Hall–Kier alpha value is -4.27. The van der Waals surface area contributed by atoms with Crippen molar-refractivity contribution in [1.29, 1.82) is 0 Å². The summed E-state index contributed by atoms with van der Waals surface area (Å²) in [5.41, 5.74) is -0.0451. The first-order valence-electron chi connectivity index (χ1n) is 13.0. The first kappa shape index (κ1) is 32.8. The average Bonchev–Trinajstić information content (AvgIpc) is 2.92. The summed E-state index contributed by atoms with van der Waals surface area (Å²) in [6.07, 6.45) is 26.9. The molecule has 0 bridgehead atoms. The van der Waals surface area contributed by atoms with Gasteiger partial charge in [-0.3, -0.25) is 9.78 Å². The SMILES string of the molecule is CC/C=C\C/C=C\C/C=C\C/C=C\C/C=C\CCCC(=O)NC(C(=O)O)C(OC(=O)c1cccnc1)C(=O)O. The number of esters is 1. The van der Waals surface area contributed by atoms with Crippen molar-refractivity contribution >= 4 is 23.8 Å². The Bertz CT molecular complexity index is 1040. The summed E-state index contributed by atoms with van der Waals surface area (Å²) in [5, 5.41) is 21.0. The van der Waals surface area contributed by atoms with Gasteiger partial charge in [-0.1, -0.05) is 67.7 Å². The van der Waals surface area contributed by atoms with Crippen LogP contribution in [-0.2, 0) is 19.1 Å². The zero-order valence-corrected chi connectivity index (χ0v) is 22.3. The number of aromatic nitrogens is 1. The highest BCUT2D eigenvalue weighted by atomic mass is 16.6. The predicted octanol–water partition coefficient (Wildman–Crippen LogP) is 5.18. The molecule has 3 N–H and O–H groups in total. The Balaban J connectivity index is 2.34. The van der Waals surface area contributed by atoms with Crippen LogP contribution in [0.15, 0.2) is 85.3 Å². The number of carboxylic acid groups (broad SMARTS) is 2. The largest absolute Gasteiger partial charge is 0.480 e. The molecule has 210 valence electrons. The van der Waals surface area contributed by atoms with Crippen LogP contribution in [0.25, 0.3) is 0 Å². The highest BCUT2D eigenvalue weighted by Crippen LogP contribution is 2.09. The van der Waals surface area contributed by atoms with Crippen molar-refractivity contribution in [3.63, 3.8) is 0 Å². The Morgan fingerprint density at radius 1 is 0.872 bits per heavy atom. The van der Waals surface area contributed by atoms with E-state index in [1.807, 2.05) is 12.2 Å². The lowest BCUT2D eigenvalue weighted by Gasteiger charge is -2.21. The molecule has 39 heavy (non-hydrogen) atoms. The van der Waals surface area contributed by atoms with Crippen LogP contribution in [0.4, 0.5) is 0 Å². The van der Waals surface area contributed by atoms with Crippen LogP contribution in [0, 0.1) is 0 Å². The van der Waals surface area contributed by atoms with Gasteiger partial charge in [-0.2, -0.15) is 0 Å². The fourth-order valence-electron chi connectivity index (χ4n) is 3.19. The number of carboxylic acids is 2. The first-order valence-corrected chi connectivity index (χ1v) is 13.0. The van der Waals surface area contributed by atoms with Crippen LogP contribution in [0.3, 0.4) is 0 Å². The molecule has 1 aromatic rings. The summed E-state index contributed by atoms with van der Waals surface area (Å²) >= 11 is 0. The minimum atomic E-state index is -2.11. The molecule has 0 fully saturated rings. The van der Waals surface area contributed by atoms with Crippen molar-refractivity contribution in [2.75, 3.05) is 0 Å². The third kappa shape index (κ3) is 15.6. The van der Waals surface area contributed by atoms with Crippen LogP contribution < -0.4 is 5.32 Å². The highest BCUT2D eigenvalue weighted by molar-refractivity contribution is 5.94. The molecule has 0 spiro atoms. The number of carbonyl (C=O) groups excluding carboxylic acids is 2. The molecule has 0 radical (unpaired) electrons. The van der Waals surface area contributed by atoms with Crippen molar-refractivity contribution < 1.29 is 34.1 Å². The van der Waals surface area contributed by atoms with Gasteiger partial charge in [0.1, 0.15) is 0 Å². The van der Waals surface area contributed by atoms with Crippen molar-refractivity contribution in [3.05, 3.63) is 90.9 Å². The van der Waals surface area contributed by atoms with Crippen LogP contribution in [0.1, 0.15) is 68.6 Å². The molecule has 9 heteroatoms. The van der Waals surface area contributed by atoms with Crippen molar-refractivity contribution in [2.24, 2.45) is 0 Å². The van der Waals surface area contributed by atoms with E-state index in [4.69, 9.17) is 4.74 Å². The summed E-state index contributed by atoms with van der Waals surface area (Å²) in [6, 6.07) is 0.848. The lowest BCUT2D eigenvalue weighted by molar-refractivity contribution is -0.157. The molecule has 1 amide bonds. The fourth-order valence-corrected chi connectivity index (χ4v) is 3.19. The molecule has 2 unspecified atom stereocenters. The molecule has 0 saturated heterocycles. The molecule has 1 rings (SSSR count). The molecule has 0 aliphatic heterocycles. The Morgan fingerprint density at radius 2 is 1.44 bits per heavy atom. The number of pyridine rings is 1. The van der Waals surface area contributed by atoms with Gasteiger partial charge in [0.15, 0.2) is 6.04 Å². The molecular formula is C30H38N2O7. The van der Waals surface area contributed by atoms with Gasteiger partial charge >= 0.3 is 17.9 Å². The standard InChI is InChI=1S/C30H38N2O7/c1-2-3-4-5-6-7-8-9-10-11-12-13-14-15-16-17-18-21-25(33)32-26(28(34)35)27(29(36)37)39-30(38)24-20-19-22-31-23-24/h3-4,6-7,9-10,12-13,15-16,19-20,22-23,26-27H,2,5,8,11,14,17-18,21H2,1H3,(H,32,33)(H,34,35)(H,36,37)/b4-3-,7-6-,10-9-,13-12-,16-15-. The molecule has 0 aromatic carbocycles. The van der Waals surface area contributed by atoms with Gasteiger partial charge in [-0.25, -0.2) is 14.4 Å². The number of amides is 1. The fraction of sp³-hybridized carbons (Fsp3) is 0.367. The summed E-state index contributed by atoms with van der Waals surface area (Å²) in [4.78, 5) is 51.3. The molecule has 0 aliphatic rings. The quantitative estimate of drug-likeness (QED) is 0.124. The normalized spacial score (nSPS) is 13.5. The second kappa shape index (κ2) is 20.7. The van der Waals surface area contributed by atoms with E-state index < -0.39 is 36.0 Å². The average molecular weight is 539 g/mol. The number of allylic oxidation sites excluding steroid dienone is 10. The smallest absolute Gasteiger partial charge is 0.347 e. The number of unbranched alkanes of at least 4 members (excludes halogenated alkanes) is 1. The number of hydrogen-bond donors (Lipinski definition) is 3.